The van der Waals surface area contributed by atoms with Gasteiger partial charge in [0.15, 0.2) is 0 Å². The molecule has 1 aromatic heterocycles. The van der Waals surface area contributed by atoms with Gasteiger partial charge < -0.3 is 0 Å². The van der Waals surface area contributed by atoms with E-state index < -0.39 is 0 Å². The van der Waals surface area contributed by atoms with E-state index in [4.69, 9.17) is 16.6 Å². The van der Waals surface area contributed by atoms with Gasteiger partial charge in [0.25, 0.3) is 0 Å². The van der Waals surface area contributed by atoms with Crippen molar-refractivity contribution >= 4 is 34.7 Å². The summed E-state index contributed by atoms with van der Waals surface area (Å²) in [7, 11) is 0. The molecule has 1 N–H and O–H groups in total. The molecular weight excluding hydrogens is 356 g/mol. The first-order valence-electron chi connectivity index (χ1n) is 8.57. The zero-order chi connectivity index (χ0) is 18.6. The van der Waals surface area contributed by atoms with Crippen molar-refractivity contribution in [2.24, 2.45) is 5.10 Å². The monoisotopic (exact) mass is 372 g/mol. The van der Waals surface area contributed by atoms with E-state index in [0.29, 0.717) is 11.0 Å². The van der Waals surface area contributed by atoms with E-state index in [1.807, 2.05) is 66.7 Å². The summed E-state index contributed by atoms with van der Waals surface area (Å²) in [5.74, 6) is 0.448. The molecule has 27 heavy (non-hydrogen) atoms. The number of fused-ring (bicyclic) bond motifs is 1. The van der Waals surface area contributed by atoms with E-state index in [1.165, 1.54) is 5.56 Å². The highest BCUT2D eigenvalue weighted by atomic mass is 35.5. The number of rotatable bonds is 4. The Kier molecular flexibility index (Phi) is 4.81. The second kappa shape index (κ2) is 7.56. The maximum atomic E-state index is 6.00. The first kappa shape index (κ1) is 17.2. The van der Waals surface area contributed by atoms with Crippen molar-refractivity contribution in [3.63, 3.8) is 0 Å². The summed E-state index contributed by atoms with van der Waals surface area (Å²) >= 11 is 6.00. The van der Waals surface area contributed by atoms with Gasteiger partial charge in [0.05, 0.1) is 17.4 Å². The summed E-state index contributed by atoms with van der Waals surface area (Å²) in [6, 6.07) is 23.7. The number of aryl methyl sites for hydroxylation is 1. The van der Waals surface area contributed by atoms with Crippen LogP contribution in [0.15, 0.2) is 77.9 Å². The van der Waals surface area contributed by atoms with E-state index in [-0.39, 0.29) is 0 Å². The largest absolute Gasteiger partial charge is 0.245 e. The van der Waals surface area contributed by atoms with Gasteiger partial charge in [0, 0.05) is 16.0 Å². The number of hydrogen-bond acceptors (Lipinski definition) is 4. The maximum Gasteiger partial charge on any atom is 0.244 e. The van der Waals surface area contributed by atoms with Gasteiger partial charge >= 0.3 is 0 Å². The highest BCUT2D eigenvalue weighted by Crippen LogP contribution is 2.28. The Hall–Kier alpha value is -3.24. The highest BCUT2D eigenvalue weighted by Gasteiger charge is 2.09. The minimum absolute atomic E-state index is 0.448. The molecule has 1 heterocycles. The molecule has 0 aliphatic heterocycles. The van der Waals surface area contributed by atoms with Gasteiger partial charge in [-0.3, -0.25) is 0 Å². The molecule has 0 saturated heterocycles. The van der Waals surface area contributed by atoms with Crippen LogP contribution in [0, 0.1) is 6.92 Å². The van der Waals surface area contributed by atoms with Crippen LogP contribution < -0.4 is 5.43 Å². The standard InChI is InChI=1S/C22H17ClN4/c1-15-10-11-20-19(12-15)21(17-7-3-2-4-8-17)26-22(25-20)27-24-14-16-6-5-9-18(23)13-16/h2-14H,1H3,(H,25,26,27)/b24-14+. The molecule has 132 valence electrons. The van der Waals surface area contributed by atoms with Crippen molar-refractivity contribution in [1.29, 1.82) is 0 Å². The summed E-state index contributed by atoms with van der Waals surface area (Å²) in [5, 5.41) is 5.94. The van der Waals surface area contributed by atoms with E-state index in [0.717, 1.165) is 27.7 Å². The number of hydrogen-bond donors (Lipinski definition) is 1. The second-order valence-corrected chi connectivity index (χ2v) is 6.64. The van der Waals surface area contributed by atoms with Crippen molar-refractivity contribution < 1.29 is 0 Å². The Morgan fingerprint density at radius 2 is 1.78 bits per heavy atom. The second-order valence-electron chi connectivity index (χ2n) is 6.21. The molecule has 4 rings (SSSR count). The number of hydrazone groups is 1. The van der Waals surface area contributed by atoms with Gasteiger partial charge in [-0.25, -0.2) is 15.4 Å². The molecule has 0 atom stereocenters. The van der Waals surface area contributed by atoms with Crippen LogP contribution in [0.25, 0.3) is 22.2 Å². The summed E-state index contributed by atoms with van der Waals surface area (Å²) in [6.07, 6.45) is 1.69. The third kappa shape index (κ3) is 3.96. The lowest BCUT2D eigenvalue weighted by Crippen LogP contribution is -2.00. The molecule has 0 radical (unpaired) electrons. The minimum atomic E-state index is 0.448. The summed E-state index contributed by atoms with van der Waals surface area (Å²) in [4.78, 5) is 9.29. The van der Waals surface area contributed by atoms with Crippen LogP contribution in [0.1, 0.15) is 11.1 Å². The third-order valence-electron chi connectivity index (χ3n) is 4.13. The van der Waals surface area contributed by atoms with Gasteiger partial charge in [-0.1, -0.05) is 65.7 Å². The Labute approximate surface area is 162 Å². The fourth-order valence-corrected chi connectivity index (χ4v) is 3.06. The lowest BCUT2D eigenvalue weighted by Gasteiger charge is -2.09. The SMILES string of the molecule is Cc1ccc2nc(N/N=C/c3cccc(Cl)c3)nc(-c3ccccc3)c2c1. The van der Waals surface area contributed by atoms with E-state index >= 15 is 0 Å². The average molecular weight is 373 g/mol. The van der Waals surface area contributed by atoms with Crippen LogP contribution in [0.3, 0.4) is 0 Å². The number of nitrogens with one attached hydrogen (secondary N) is 1. The Balaban J connectivity index is 1.72. The van der Waals surface area contributed by atoms with Crippen molar-refractivity contribution in [3.05, 3.63) is 88.9 Å². The lowest BCUT2D eigenvalue weighted by atomic mass is 10.0. The Morgan fingerprint density at radius 1 is 0.926 bits per heavy atom. The highest BCUT2D eigenvalue weighted by molar-refractivity contribution is 6.30. The van der Waals surface area contributed by atoms with Crippen molar-refractivity contribution in [2.75, 3.05) is 5.43 Å². The summed E-state index contributed by atoms with van der Waals surface area (Å²) in [5.41, 5.74) is 7.79. The van der Waals surface area contributed by atoms with Crippen LogP contribution in [-0.4, -0.2) is 16.2 Å². The normalized spacial score (nSPS) is 11.2. The molecule has 0 saturated carbocycles. The van der Waals surface area contributed by atoms with Crippen molar-refractivity contribution in [3.8, 4) is 11.3 Å². The molecule has 5 heteroatoms. The van der Waals surface area contributed by atoms with Gasteiger partial charge in [-0.05, 0) is 36.8 Å². The molecule has 3 aromatic carbocycles. The molecule has 0 aliphatic rings. The molecule has 0 spiro atoms. The zero-order valence-electron chi connectivity index (χ0n) is 14.7. The fourth-order valence-electron chi connectivity index (χ4n) is 2.86. The van der Waals surface area contributed by atoms with Crippen LogP contribution in [0.4, 0.5) is 5.95 Å². The minimum Gasteiger partial charge on any atom is -0.245 e. The molecule has 0 unspecified atom stereocenters. The van der Waals surface area contributed by atoms with E-state index in [1.54, 1.807) is 6.21 Å². The molecule has 0 bridgehead atoms. The number of nitrogens with zero attached hydrogens (tertiary/aromatic N) is 3. The van der Waals surface area contributed by atoms with Crippen LogP contribution in [-0.2, 0) is 0 Å². The van der Waals surface area contributed by atoms with Gasteiger partial charge in [-0.15, -0.1) is 0 Å². The molecule has 0 aliphatic carbocycles. The van der Waals surface area contributed by atoms with Gasteiger partial charge in [-0.2, -0.15) is 5.10 Å². The fraction of sp³-hybridized carbons (Fsp3) is 0.0455. The number of benzene rings is 3. The van der Waals surface area contributed by atoms with Crippen LogP contribution in [0.2, 0.25) is 5.02 Å². The number of aromatic nitrogens is 2. The smallest absolute Gasteiger partial charge is 0.244 e. The first-order chi connectivity index (χ1) is 13.2. The predicted molar refractivity (Wildman–Crippen MR) is 112 cm³/mol. The van der Waals surface area contributed by atoms with Crippen molar-refractivity contribution in [2.45, 2.75) is 6.92 Å². The zero-order valence-corrected chi connectivity index (χ0v) is 15.5. The number of halogens is 1. The molecule has 4 nitrogen and oxygen atoms in total. The van der Waals surface area contributed by atoms with Crippen molar-refractivity contribution in [1.82, 2.24) is 9.97 Å². The van der Waals surface area contributed by atoms with E-state index in [9.17, 15) is 0 Å². The van der Waals surface area contributed by atoms with Gasteiger partial charge in [0.1, 0.15) is 0 Å². The maximum absolute atomic E-state index is 6.00. The molecule has 0 amide bonds. The summed E-state index contributed by atoms with van der Waals surface area (Å²) < 4.78 is 0. The predicted octanol–water partition coefficient (Wildman–Crippen LogP) is 5.70. The average Bonchev–Trinajstić information content (AvgIpc) is 2.68. The van der Waals surface area contributed by atoms with Crippen LogP contribution >= 0.6 is 11.6 Å². The van der Waals surface area contributed by atoms with Gasteiger partial charge in [0.2, 0.25) is 5.95 Å². The first-order valence-corrected chi connectivity index (χ1v) is 8.95. The topological polar surface area (TPSA) is 50.2 Å². The lowest BCUT2D eigenvalue weighted by molar-refractivity contribution is 1.15. The molecular formula is C22H17ClN4. The van der Waals surface area contributed by atoms with Crippen LogP contribution in [0.5, 0.6) is 0 Å². The summed E-state index contributed by atoms with van der Waals surface area (Å²) in [6.45, 7) is 2.07. The Morgan fingerprint density at radius 3 is 2.59 bits per heavy atom. The molecule has 4 aromatic rings. The van der Waals surface area contributed by atoms with E-state index in [2.05, 4.69) is 28.5 Å². The third-order valence-corrected chi connectivity index (χ3v) is 4.36. The number of anilines is 1. The quantitative estimate of drug-likeness (QED) is 0.369. The molecule has 0 fully saturated rings. The Bertz CT molecular complexity index is 1120.